The molecule has 1 aliphatic heterocycles. The van der Waals surface area contributed by atoms with Gasteiger partial charge in [-0.15, -0.1) is 0 Å². The van der Waals surface area contributed by atoms with Crippen LogP contribution in [0.15, 0.2) is 60.7 Å². The third kappa shape index (κ3) is 12.2. The second-order valence-corrected chi connectivity index (χ2v) is 11.3. The highest BCUT2D eigenvalue weighted by atomic mass is 19.3. The summed E-state index contributed by atoms with van der Waals surface area (Å²) in [6.45, 7) is 20.3. The average molecular weight is 704 g/mol. The van der Waals surface area contributed by atoms with Gasteiger partial charge in [0.05, 0.1) is 16.7 Å². The first kappa shape index (κ1) is 43.1. The Bertz CT molecular complexity index is 1810. The van der Waals surface area contributed by atoms with Gasteiger partial charge in [-0.05, 0) is 66.5 Å². The lowest BCUT2D eigenvalue weighted by Gasteiger charge is -2.31. The largest absolute Gasteiger partial charge is 0.507 e. The fourth-order valence-electron chi connectivity index (χ4n) is 4.18. The van der Waals surface area contributed by atoms with Gasteiger partial charge in [0, 0.05) is 36.8 Å². The molecule has 3 heterocycles. The van der Waals surface area contributed by atoms with Crippen LogP contribution < -0.4 is 9.47 Å². The minimum absolute atomic E-state index is 0.364. The molecule has 50 heavy (non-hydrogen) atoms. The highest BCUT2D eigenvalue weighted by Crippen LogP contribution is 2.48. The van der Waals surface area contributed by atoms with E-state index >= 15 is 0 Å². The second-order valence-electron chi connectivity index (χ2n) is 11.3. The number of imidazole rings is 2. The Balaban J connectivity index is 0.000000341. The van der Waals surface area contributed by atoms with Crippen molar-refractivity contribution in [3.05, 3.63) is 116 Å². The summed E-state index contributed by atoms with van der Waals surface area (Å²) in [5, 5.41) is 8.81. The van der Waals surface area contributed by atoms with Crippen LogP contribution in [0.2, 0.25) is 0 Å². The van der Waals surface area contributed by atoms with Gasteiger partial charge in [0.1, 0.15) is 11.6 Å². The molecular weight excluding hydrogens is 654 g/mol. The lowest BCUT2D eigenvalue weighted by molar-refractivity contribution is -0.445. The van der Waals surface area contributed by atoms with Crippen molar-refractivity contribution < 1.29 is 32.0 Å². The van der Waals surface area contributed by atoms with Crippen molar-refractivity contribution in [2.75, 3.05) is 7.05 Å². The molecule has 274 valence electrons. The molecule has 3 aromatic carbocycles. The highest BCUT2D eigenvalue weighted by molar-refractivity contribution is 5.80. The van der Waals surface area contributed by atoms with Gasteiger partial charge in [-0.25, -0.2) is 9.97 Å². The quantitative estimate of drug-likeness (QED) is 0.0905. The highest BCUT2D eigenvalue weighted by Gasteiger charge is 2.66. The van der Waals surface area contributed by atoms with Crippen LogP contribution >= 0.6 is 0 Å². The number of aryl methyl sites for hydroxylation is 8. The summed E-state index contributed by atoms with van der Waals surface area (Å²) >= 11 is 0. The molecule has 9 nitrogen and oxygen atoms in total. The minimum atomic E-state index is -4.71. The van der Waals surface area contributed by atoms with Crippen molar-refractivity contribution >= 4 is 11.0 Å². The number of ether oxygens (including phenoxy) is 2. The summed E-state index contributed by atoms with van der Waals surface area (Å²) < 4.78 is 64.0. The third-order valence-electron chi connectivity index (χ3n) is 7.43. The monoisotopic (exact) mass is 703 g/mol. The SMILES string of the molecule is CC.C[N+](=O)[O-].Cc1ccc(C)c(C)c1.Cc1ccccc1.Cc1nc(C)n(C)c1C.Cc1nc2cc3c(cc2n1C)OC(F)(F)C(F)(F)O3. The molecule has 0 atom stereocenters. The van der Waals surface area contributed by atoms with E-state index in [2.05, 4.69) is 89.0 Å². The first-order valence-corrected chi connectivity index (χ1v) is 15.9. The molecule has 0 fully saturated rings. The molecule has 0 radical (unpaired) electrons. The van der Waals surface area contributed by atoms with E-state index < -0.39 is 28.6 Å². The van der Waals surface area contributed by atoms with Crippen LogP contribution in [0.25, 0.3) is 11.0 Å². The summed E-state index contributed by atoms with van der Waals surface area (Å²) in [5.41, 5.74) is 8.67. The molecule has 0 amide bonds. The number of rotatable bonds is 0. The second kappa shape index (κ2) is 18.7. The first-order valence-electron chi connectivity index (χ1n) is 15.9. The molecule has 0 saturated heterocycles. The molecule has 1 aliphatic rings. The van der Waals surface area contributed by atoms with Crippen molar-refractivity contribution in [2.45, 2.75) is 81.5 Å². The topological polar surface area (TPSA) is 97.2 Å². The Hall–Kier alpha value is -4.94. The molecule has 2 aromatic heterocycles. The maximum absolute atomic E-state index is 13.0. The van der Waals surface area contributed by atoms with Crippen molar-refractivity contribution in [3.63, 3.8) is 0 Å². The molecule has 0 spiro atoms. The fourth-order valence-corrected chi connectivity index (χ4v) is 4.18. The van der Waals surface area contributed by atoms with Crippen LogP contribution in [-0.2, 0) is 14.1 Å². The van der Waals surface area contributed by atoms with Gasteiger partial charge in [-0.1, -0.05) is 73.5 Å². The smallest absolute Gasteiger partial charge is 0.421 e. The summed E-state index contributed by atoms with van der Waals surface area (Å²) in [4.78, 5) is 16.7. The molecule has 13 heteroatoms. The average Bonchev–Trinajstić information content (AvgIpc) is 3.43. The number of fused-ring (bicyclic) bond motifs is 2. The molecule has 5 aromatic rings. The van der Waals surface area contributed by atoms with Gasteiger partial charge < -0.3 is 18.6 Å². The number of benzene rings is 3. The third-order valence-corrected chi connectivity index (χ3v) is 7.43. The molecule has 0 N–H and O–H groups in total. The van der Waals surface area contributed by atoms with Crippen molar-refractivity contribution in [3.8, 4) is 11.5 Å². The van der Waals surface area contributed by atoms with Gasteiger partial charge in [-0.3, -0.25) is 10.1 Å². The normalized spacial score (nSPS) is 12.9. The summed E-state index contributed by atoms with van der Waals surface area (Å²) in [6.07, 6.45) is -9.42. The van der Waals surface area contributed by atoms with Crippen molar-refractivity contribution in [2.24, 2.45) is 14.1 Å². The van der Waals surface area contributed by atoms with Crippen LogP contribution in [0.1, 0.15) is 59.1 Å². The van der Waals surface area contributed by atoms with Crippen LogP contribution in [0, 0.1) is 65.5 Å². The molecular formula is C37H49F4N5O4. The zero-order chi connectivity index (χ0) is 38.6. The Morgan fingerprint density at radius 1 is 0.680 bits per heavy atom. The number of halogens is 4. The van der Waals surface area contributed by atoms with E-state index in [1.807, 2.05) is 52.9 Å². The van der Waals surface area contributed by atoms with E-state index in [0.29, 0.717) is 16.9 Å². The van der Waals surface area contributed by atoms with Gasteiger partial charge in [0.25, 0.3) is 0 Å². The van der Waals surface area contributed by atoms with Gasteiger partial charge >= 0.3 is 12.2 Å². The Kier molecular flexibility index (Phi) is 16.1. The number of nitro groups is 1. The predicted molar refractivity (Wildman–Crippen MR) is 190 cm³/mol. The summed E-state index contributed by atoms with van der Waals surface area (Å²) in [6, 6.07) is 19.1. The minimum Gasteiger partial charge on any atom is -0.421 e. The molecule has 0 bridgehead atoms. The van der Waals surface area contributed by atoms with E-state index in [9.17, 15) is 17.6 Å². The molecule has 6 rings (SSSR count). The number of hydrogen-bond donors (Lipinski definition) is 0. The fraction of sp³-hybridized carbons (Fsp3) is 0.405. The van der Waals surface area contributed by atoms with Gasteiger partial charge in [0.15, 0.2) is 18.5 Å². The van der Waals surface area contributed by atoms with Crippen molar-refractivity contribution in [1.82, 2.24) is 19.1 Å². The standard InChI is InChI=1S/C11H8F4N2O2.C9H12.C7H12N2.C7H8.C2H6.CH3NO2/c1-5-16-6-3-8-9(4-7(6)17(5)2)19-11(14,15)10(12,13)18-8;1-7-4-5-8(2)9(3)6-7;1-5-6(2)9(4)7(3)8-5;1-7-5-3-2-4-6-7;1-2;1-2(3)4/h3-4H,1-2H3;4-6H,1-3H3;1-4H3;2-6H,1H3;1-2H3;1H3. The van der Waals surface area contributed by atoms with E-state index in [-0.39, 0.29) is 0 Å². The Labute approximate surface area is 292 Å². The van der Waals surface area contributed by atoms with E-state index in [0.717, 1.165) is 24.6 Å². The molecule has 0 aliphatic carbocycles. The first-order chi connectivity index (χ1) is 23.2. The number of alkyl halides is 4. The Morgan fingerprint density at radius 2 is 1.16 bits per heavy atom. The predicted octanol–water partition coefficient (Wildman–Crippen LogP) is 9.71. The summed E-state index contributed by atoms with van der Waals surface area (Å²) in [7, 11) is 4.60. The van der Waals surface area contributed by atoms with E-state index in [4.69, 9.17) is 10.1 Å². The maximum atomic E-state index is 13.0. The number of nitrogens with zero attached hydrogens (tertiary/aromatic N) is 5. The van der Waals surface area contributed by atoms with Gasteiger partial charge in [0.2, 0.25) is 0 Å². The lowest BCUT2D eigenvalue weighted by atomic mass is 10.1. The van der Waals surface area contributed by atoms with E-state index in [1.165, 1.54) is 34.0 Å². The van der Waals surface area contributed by atoms with Crippen LogP contribution in [0.5, 0.6) is 11.5 Å². The van der Waals surface area contributed by atoms with Crippen LogP contribution in [0.4, 0.5) is 17.6 Å². The van der Waals surface area contributed by atoms with Crippen molar-refractivity contribution in [1.29, 1.82) is 0 Å². The van der Waals surface area contributed by atoms with E-state index in [1.54, 1.807) is 18.5 Å². The Morgan fingerprint density at radius 3 is 1.52 bits per heavy atom. The zero-order valence-corrected chi connectivity index (χ0v) is 31.2. The zero-order valence-electron chi connectivity index (χ0n) is 31.2. The van der Waals surface area contributed by atoms with Crippen LogP contribution in [-0.4, -0.2) is 43.3 Å². The number of hydrogen-bond acceptors (Lipinski definition) is 6. The molecule has 0 saturated carbocycles. The number of aromatic nitrogens is 4. The molecule has 0 unspecified atom stereocenters. The summed E-state index contributed by atoms with van der Waals surface area (Å²) in [5.74, 6) is 0.800. The lowest BCUT2D eigenvalue weighted by Crippen LogP contribution is -2.52. The van der Waals surface area contributed by atoms with Gasteiger partial charge in [-0.2, -0.15) is 17.6 Å². The van der Waals surface area contributed by atoms with Crippen LogP contribution in [0.3, 0.4) is 0 Å². The maximum Gasteiger partial charge on any atom is 0.507 e.